The molecule has 0 radical (unpaired) electrons. The number of carbonyl (C=O) groups excluding carboxylic acids is 1. The third-order valence-corrected chi connectivity index (χ3v) is 7.08. The number of rotatable bonds is 7. The largest absolute Gasteiger partial charge is 0.497 e. The fourth-order valence-electron chi connectivity index (χ4n) is 3.55. The molecular weight excluding hydrogens is 472 g/mol. The van der Waals surface area contributed by atoms with Gasteiger partial charge in [-0.2, -0.15) is 0 Å². The van der Waals surface area contributed by atoms with Crippen molar-refractivity contribution in [2.75, 3.05) is 18.2 Å². The average molecular weight is 493 g/mol. The molecule has 3 heterocycles. The Balaban J connectivity index is 1.56. The molecule has 2 aromatic carbocycles. The quantitative estimate of drug-likeness (QED) is 0.260. The molecule has 5 aromatic rings. The van der Waals surface area contributed by atoms with Crippen LogP contribution < -0.4 is 15.6 Å². The molecule has 0 spiro atoms. The van der Waals surface area contributed by atoms with Crippen LogP contribution in [0.4, 0.5) is 5.13 Å². The summed E-state index contributed by atoms with van der Waals surface area (Å²) in [6, 6.07) is 14.8. The lowest BCUT2D eigenvalue weighted by Gasteiger charge is -2.13. The van der Waals surface area contributed by atoms with Crippen LogP contribution in [0.25, 0.3) is 27.6 Å². The predicted molar refractivity (Wildman–Crippen MR) is 134 cm³/mol. The molecule has 11 heteroatoms. The number of fused-ring (bicyclic) bond motifs is 3. The zero-order valence-electron chi connectivity index (χ0n) is 18.4. The highest BCUT2D eigenvalue weighted by Crippen LogP contribution is 2.27. The number of nitrogens with zero attached hydrogens (tertiary/aromatic N) is 4. The highest BCUT2D eigenvalue weighted by Gasteiger charge is 2.19. The van der Waals surface area contributed by atoms with E-state index in [1.165, 1.54) is 27.7 Å². The first-order valence-electron chi connectivity index (χ1n) is 10.5. The van der Waals surface area contributed by atoms with Crippen molar-refractivity contribution in [2.24, 2.45) is 0 Å². The maximum absolute atomic E-state index is 13.6. The first-order valence-corrected chi connectivity index (χ1v) is 12.3. The van der Waals surface area contributed by atoms with E-state index < -0.39 is 0 Å². The van der Waals surface area contributed by atoms with Crippen molar-refractivity contribution >= 4 is 56.1 Å². The molecule has 34 heavy (non-hydrogen) atoms. The summed E-state index contributed by atoms with van der Waals surface area (Å²) in [5.74, 6) is 0.401. The fourth-order valence-corrected chi connectivity index (χ4v) is 5.05. The van der Waals surface area contributed by atoms with E-state index in [4.69, 9.17) is 9.72 Å². The lowest BCUT2D eigenvalue weighted by Crippen LogP contribution is -2.23. The zero-order valence-corrected chi connectivity index (χ0v) is 20.0. The molecule has 0 saturated carbocycles. The van der Waals surface area contributed by atoms with Gasteiger partial charge in [-0.25, -0.2) is 4.98 Å². The average Bonchev–Trinajstić information content (AvgIpc) is 3.47. The third-order valence-electron chi connectivity index (χ3n) is 5.15. The van der Waals surface area contributed by atoms with Gasteiger partial charge >= 0.3 is 0 Å². The summed E-state index contributed by atoms with van der Waals surface area (Å²) in [6.07, 6.45) is 0.754. The molecule has 1 amide bonds. The highest BCUT2D eigenvalue weighted by molar-refractivity contribution is 7.99. The molecular formula is C23H20N6O3S2. The summed E-state index contributed by atoms with van der Waals surface area (Å²) in [4.78, 5) is 34.2. The number of aromatic amines is 1. The van der Waals surface area contributed by atoms with E-state index in [1.54, 1.807) is 31.4 Å². The van der Waals surface area contributed by atoms with E-state index >= 15 is 0 Å². The van der Waals surface area contributed by atoms with Gasteiger partial charge in [-0.05, 0) is 24.6 Å². The normalized spacial score (nSPS) is 11.2. The van der Waals surface area contributed by atoms with E-state index in [1.807, 2.05) is 31.2 Å². The van der Waals surface area contributed by atoms with E-state index in [9.17, 15) is 9.59 Å². The summed E-state index contributed by atoms with van der Waals surface area (Å²) in [5.41, 5.74) is 2.13. The molecule has 2 N–H and O–H groups in total. The van der Waals surface area contributed by atoms with Crippen molar-refractivity contribution in [1.29, 1.82) is 0 Å². The Labute approximate surface area is 202 Å². The molecule has 172 valence electrons. The SMILES string of the molecule is CCc1nnc(NC(=O)CSc2nc3c([nH]c4ccccc43)c(=O)n2-c2cccc(OC)c2)s1. The number of H-pyrrole nitrogens is 1. The van der Waals surface area contributed by atoms with Crippen LogP contribution in [0.5, 0.6) is 5.75 Å². The summed E-state index contributed by atoms with van der Waals surface area (Å²) in [7, 11) is 1.57. The van der Waals surface area contributed by atoms with E-state index in [0.717, 1.165) is 22.3 Å². The first-order chi connectivity index (χ1) is 16.6. The topological polar surface area (TPSA) is 115 Å². The Kier molecular flexibility index (Phi) is 6.03. The Morgan fingerprint density at radius 1 is 1.21 bits per heavy atom. The van der Waals surface area contributed by atoms with Crippen LogP contribution in [0.1, 0.15) is 11.9 Å². The van der Waals surface area contributed by atoms with Crippen LogP contribution in [0, 0.1) is 0 Å². The second-order valence-electron chi connectivity index (χ2n) is 7.32. The second-order valence-corrected chi connectivity index (χ2v) is 9.33. The van der Waals surface area contributed by atoms with Crippen LogP contribution >= 0.6 is 23.1 Å². The predicted octanol–water partition coefficient (Wildman–Crippen LogP) is 4.02. The minimum absolute atomic E-state index is 0.0469. The maximum Gasteiger partial charge on any atom is 0.283 e. The van der Waals surface area contributed by atoms with Gasteiger partial charge in [0.05, 0.1) is 18.6 Å². The Morgan fingerprint density at radius 2 is 2.06 bits per heavy atom. The van der Waals surface area contributed by atoms with Gasteiger partial charge in [0, 0.05) is 17.0 Å². The molecule has 0 aliphatic carbocycles. The molecule has 0 atom stereocenters. The summed E-state index contributed by atoms with van der Waals surface area (Å²) >= 11 is 2.52. The number of thioether (sulfide) groups is 1. The van der Waals surface area contributed by atoms with Crippen LogP contribution in [0.15, 0.2) is 58.5 Å². The van der Waals surface area contributed by atoms with Gasteiger partial charge in [-0.1, -0.05) is 54.3 Å². The van der Waals surface area contributed by atoms with Gasteiger partial charge in [0.15, 0.2) is 5.16 Å². The smallest absolute Gasteiger partial charge is 0.283 e. The summed E-state index contributed by atoms with van der Waals surface area (Å²) in [6.45, 7) is 1.98. The third kappa shape index (κ3) is 4.15. The molecule has 0 bridgehead atoms. The van der Waals surface area contributed by atoms with E-state index in [-0.39, 0.29) is 17.2 Å². The minimum atomic E-state index is -0.255. The Bertz CT molecular complexity index is 1570. The fraction of sp³-hybridized carbons (Fsp3) is 0.174. The number of hydrogen-bond acceptors (Lipinski definition) is 8. The first kappa shape index (κ1) is 22.1. The number of hydrogen-bond donors (Lipinski definition) is 2. The highest BCUT2D eigenvalue weighted by atomic mass is 32.2. The minimum Gasteiger partial charge on any atom is -0.497 e. The van der Waals surface area contributed by atoms with Gasteiger partial charge in [-0.15, -0.1) is 10.2 Å². The number of nitrogens with one attached hydrogen (secondary N) is 2. The van der Waals surface area contributed by atoms with Gasteiger partial charge in [-0.3, -0.25) is 19.5 Å². The number of aromatic nitrogens is 5. The van der Waals surface area contributed by atoms with E-state index in [0.29, 0.717) is 32.8 Å². The number of ether oxygens (including phenoxy) is 1. The van der Waals surface area contributed by atoms with Gasteiger partial charge in [0.2, 0.25) is 11.0 Å². The Hall–Kier alpha value is -3.70. The number of aryl methyl sites for hydroxylation is 1. The van der Waals surface area contributed by atoms with Crippen molar-refractivity contribution < 1.29 is 9.53 Å². The van der Waals surface area contributed by atoms with Crippen LogP contribution in [-0.2, 0) is 11.2 Å². The van der Waals surface area contributed by atoms with Crippen LogP contribution in [0.3, 0.4) is 0 Å². The molecule has 3 aromatic heterocycles. The molecule has 0 unspecified atom stereocenters. The van der Waals surface area contributed by atoms with Crippen molar-refractivity contribution in [3.8, 4) is 11.4 Å². The number of amides is 1. The van der Waals surface area contributed by atoms with Crippen molar-refractivity contribution in [3.05, 3.63) is 63.9 Å². The van der Waals surface area contributed by atoms with Crippen molar-refractivity contribution in [2.45, 2.75) is 18.5 Å². The lowest BCUT2D eigenvalue weighted by molar-refractivity contribution is -0.113. The van der Waals surface area contributed by atoms with Gasteiger partial charge < -0.3 is 9.72 Å². The molecule has 9 nitrogen and oxygen atoms in total. The van der Waals surface area contributed by atoms with Crippen molar-refractivity contribution in [3.63, 3.8) is 0 Å². The standard InChI is InChI=1S/C23H20N6O3S2/c1-3-18-27-28-22(34-18)25-17(30)12-33-23-26-19-15-9-4-5-10-16(15)24-20(19)21(31)29(23)13-7-6-8-14(11-13)32-2/h4-11,24H,3,12H2,1-2H3,(H,25,28,30). The monoisotopic (exact) mass is 492 g/mol. The number of carbonyl (C=O) groups is 1. The Morgan fingerprint density at radius 3 is 2.85 bits per heavy atom. The molecule has 0 saturated heterocycles. The van der Waals surface area contributed by atoms with Crippen molar-refractivity contribution in [1.82, 2.24) is 24.7 Å². The lowest BCUT2D eigenvalue weighted by atomic mass is 10.2. The molecule has 0 aliphatic heterocycles. The van der Waals surface area contributed by atoms with Gasteiger partial charge in [0.1, 0.15) is 21.8 Å². The molecule has 0 aliphatic rings. The number of benzene rings is 2. The summed E-state index contributed by atoms with van der Waals surface area (Å²) < 4.78 is 6.84. The van der Waals surface area contributed by atoms with Gasteiger partial charge in [0.25, 0.3) is 5.56 Å². The number of para-hydroxylation sites is 1. The molecule has 0 fully saturated rings. The zero-order chi connectivity index (χ0) is 23.7. The maximum atomic E-state index is 13.6. The van der Waals surface area contributed by atoms with E-state index in [2.05, 4.69) is 20.5 Å². The number of anilines is 1. The summed E-state index contributed by atoms with van der Waals surface area (Å²) in [5, 5.41) is 13.3. The second kappa shape index (κ2) is 9.27. The van der Waals surface area contributed by atoms with Crippen LogP contribution in [0.2, 0.25) is 0 Å². The van der Waals surface area contributed by atoms with Crippen LogP contribution in [-0.4, -0.2) is 43.5 Å². The molecule has 5 rings (SSSR count). The number of methoxy groups -OCH3 is 1.